The molecule has 3 N–H and O–H groups in total. The molecule has 0 fully saturated rings. The Morgan fingerprint density at radius 2 is 2.11 bits per heavy atom. The number of rotatable bonds is 4. The van der Waals surface area contributed by atoms with E-state index in [2.05, 4.69) is 10.3 Å². The molecule has 0 spiro atoms. The summed E-state index contributed by atoms with van der Waals surface area (Å²) in [5, 5.41) is 4.03. The summed E-state index contributed by atoms with van der Waals surface area (Å²) in [7, 11) is -3.01. The summed E-state index contributed by atoms with van der Waals surface area (Å²) >= 11 is 0. The van der Waals surface area contributed by atoms with Crippen LogP contribution in [0.3, 0.4) is 0 Å². The van der Waals surface area contributed by atoms with Gasteiger partial charge in [0.25, 0.3) is 0 Å². The molecule has 1 aromatic carbocycles. The van der Waals surface area contributed by atoms with Crippen molar-refractivity contribution in [1.29, 1.82) is 0 Å². The molecule has 0 saturated heterocycles. The lowest BCUT2D eigenvalue weighted by molar-refractivity contribution is 0.598. The first-order valence-corrected chi connectivity index (χ1v) is 8.00. The van der Waals surface area contributed by atoms with Gasteiger partial charge in [-0.2, -0.15) is 0 Å². The third kappa shape index (κ3) is 3.35. The number of aromatic nitrogens is 1. The minimum atomic E-state index is -3.01. The highest BCUT2D eigenvalue weighted by atomic mass is 32.2. The minimum Gasteiger partial charge on any atom is -0.398 e. The molecule has 0 aliphatic heterocycles. The van der Waals surface area contributed by atoms with E-state index in [0.29, 0.717) is 5.69 Å². The van der Waals surface area contributed by atoms with E-state index in [9.17, 15) is 8.42 Å². The molecular weight excluding hydrogens is 262 g/mol. The van der Waals surface area contributed by atoms with Gasteiger partial charge in [0.2, 0.25) is 0 Å². The first kappa shape index (κ1) is 13.6. The second kappa shape index (κ2) is 5.05. The number of fused-ring (bicyclic) bond motifs is 1. The molecule has 1 unspecified atom stereocenters. The number of nitrogens with one attached hydrogen (secondary N) is 1. The summed E-state index contributed by atoms with van der Waals surface area (Å²) in [5.74, 6) is 0.0751. The molecule has 1 aromatic heterocycles. The highest BCUT2D eigenvalue weighted by Gasteiger charge is 2.12. The molecule has 0 aliphatic carbocycles. The van der Waals surface area contributed by atoms with Crippen molar-refractivity contribution >= 4 is 32.1 Å². The zero-order chi connectivity index (χ0) is 14.0. The fourth-order valence-corrected chi connectivity index (χ4v) is 3.06. The third-order valence-electron chi connectivity index (χ3n) is 2.76. The molecule has 1 heterocycles. The van der Waals surface area contributed by atoms with Gasteiger partial charge in [0.1, 0.15) is 9.84 Å². The van der Waals surface area contributed by atoms with Crippen LogP contribution < -0.4 is 11.1 Å². The molecule has 0 aliphatic rings. The molecule has 5 nitrogen and oxygen atoms in total. The van der Waals surface area contributed by atoms with E-state index in [1.165, 1.54) is 6.26 Å². The number of nitrogen functional groups attached to an aromatic ring is 1. The Labute approximate surface area is 112 Å². The topological polar surface area (TPSA) is 85.1 Å². The monoisotopic (exact) mass is 279 g/mol. The number of nitrogens with two attached hydrogens (primary N) is 1. The van der Waals surface area contributed by atoms with E-state index in [-0.39, 0.29) is 11.8 Å². The molecule has 1 atom stereocenters. The quantitative estimate of drug-likeness (QED) is 0.831. The van der Waals surface area contributed by atoms with Gasteiger partial charge in [0.15, 0.2) is 0 Å². The Bertz CT molecular complexity index is 698. The number of hydrogen-bond donors (Lipinski definition) is 2. The molecular formula is C13H17N3O2S. The van der Waals surface area contributed by atoms with E-state index in [1.54, 1.807) is 12.3 Å². The summed E-state index contributed by atoms with van der Waals surface area (Å²) in [6.07, 6.45) is 2.92. The van der Waals surface area contributed by atoms with Crippen molar-refractivity contribution in [3.63, 3.8) is 0 Å². The van der Waals surface area contributed by atoms with Crippen molar-refractivity contribution < 1.29 is 8.42 Å². The SMILES string of the molecule is CC(CS(C)(=O)=O)Nc1ccc(N)c2cccnc12. The van der Waals surface area contributed by atoms with Crippen LogP contribution in [-0.4, -0.2) is 31.5 Å². The maximum atomic E-state index is 11.3. The van der Waals surface area contributed by atoms with Gasteiger partial charge >= 0.3 is 0 Å². The molecule has 0 bridgehead atoms. The number of sulfone groups is 1. The lowest BCUT2D eigenvalue weighted by atomic mass is 10.1. The van der Waals surface area contributed by atoms with Crippen molar-refractivity contribution in [1.82, 2.24) is 4.98 Å². The second-order valence-electron chi connectivity index (χ2n) is 4.74. The van der Waals surface area contributed by atoms with Crippen LogP contribution in [0, 0.1) is 0 Å². The third-order valence-corrected chi connectivity index (χ3v) is 3.86. The van der Waals surface area contributed by atoms with E-state index < -0.39 is 9.84 Å². The molecule has 6 heteroatoms. The lowest BCUT2D eigenvalue weighted by Gasteiger charge is -2.16. The average Bonchev–Trinajstić information content (AvgIpc) is 2.31. The minimum absolute atomic E-state index is 0.0751. The molecule has 0 amide bonds. The highest BCUT2D eigenvalue weighted by molar-refractivity contribution is 7.90. The number of benzene rings is 1. The van der Waals surface area contributed by atoms with Crippen molar-refractivity contribution in [2.45, 2.75) is 13.0 Å². The van der Waals surface area contributed by atoms with Gasteiger partial charge in [-0.25, -0.2) is 8.42 Å². The van der Waals surface area contributed by atoms with Crippen molar-refractivity contribution in [2.24, 2.45) is 0 Å². The maximum Gasteiger partial charge on any atom is 0.149 e. The Kier molecular flexibility index (Phi) is 3.61. The number of pyridine rings is 1. The van der Waals surface area contributed by atoms with Crippen molar-refractivity contribution in [2.75, 3.05) is 23.1 Å². The van der Waals surface area contributed by atoms with E-state index in [4.69, 9.17) is 5.73 Å². The smallest absolute Gasteiger partial charge is 0.149 e. The van der Waals surface area contributed by atoms with Crippen molar-refractivity contribution in [3.8, 4) is 0 Å². The molecule has 19 heavy (non-hydrogen) atoms. The van der Waals surface area contributed by atoms with Gasteiger partial charge < -0.3 is 11.1 Å². The van der Waals surface area contributed by atoms with Gasteiger partial charge in [0.05, 0.1) is 17.0 Å². The predicted molar refractivity (Wildman–Crippen MR) is 79.0 cm³/mol. The summed E-state index contributed by atoms with van der Waals surface area (Å²) in [6.45, 7) is 1.83. The Balaban J connectivity index is 2.34. The van der Waals surface area contributed by atoms with Crippen LogP contribution in [0.25, 0.3) is 10.9 Å². The number of hydrogen-bond acceptors (Lipinski definition) is 5. The normalized spacial score (nSPS) is 13.4. The Morgan fingerprint density at radius 1 is 1.37 bits per heavy atom. The largest absolute Gasteiger partial charge is 0.398 e. The van der Waals surface area contributed by atoms with Crippen LogP contribution in [-0.2, 0) is 9.84 Å². The predicted octanol–water partition coefficient (Wildman–Crippen LogP) is 1.66. The fraction of sp³-hybridized carbons (Fsp3) is 0.308. The van der Waals surface area contributed by atoms with Crippen LogP contribution in [0.2, 0.25) is 0 Å². The molecule has 2 rings (SSSR count). The summed E-state index contributed by atoms with van der Waals surface area (Å²) in [4.78, 5) is 4.30. The van der Waals surface area contributed by atoms with E-state index >= 15 is 0 Å². The van der Waals surface area contributed by atoms with Gasteiger partial charge in [-0.15, -0.1) is 0 Å². The summed E-state index contributed by atoms with van der Waals surface area (Å²) in [6, 6.07) is 7.14. The number of anilines is 2. The molecule has 2 aromatic rings. The lowest BCUT2D eigenvalue weighted by Crippen LogP contribution is -2.25. The zero-order valence-electron chi connectivity index (χ0n) is 10.9. The standard InChI is InChI=1S/C13H17N3O2S/c1-9(8-19(2,17)18)16-12-6-5-11(14)10-4-3-7-15-13(10)12/h3-7,9,16H,8,14H2,1-2H3. The number of nitrogens with zero attached hydrogens (tertiary/aromatic N) is 1. The first-order valence-electron chi connectivity index (χ1n) is 5.94. The van der Waals surface area contributed by atoms with Gasteiger partial charge in [0, 0.05) is 29.6 Å². The molecule has 102 valence electrons. The van der Waals surface area contributed by atoms with Crippen LogP contribution in [0.4, 0.5) is 11.4 Å². The molecule has 0 saturated carbocycles. The average molecular weight is 279 g/mol. The first-order chi connectivity index (χ1) is 8.87. The van der Waals surface area contributed by atoms with Gasteiger partial charge in [-0.3, -0.25) is 4.98 Å². The van der Waals surface area contributed by atoms with Crippen LogP contribution in [0.5, 0.6) is 0 Å². The Morgan fingerprint density at radius 3 is 2.79 bits per heavy atom. The van der Waals surface area contributed by atoms with Gasteiger partial charge in [-0.1, -0.05) is 0 Å². The summed E-state index contributed by atoms with van der Waals surface area (Å²) in [5.41, 5.74) is 8.10. The highest BCUT2D eigenvalue weighted by Crippen LogP contribution is 2.26. The fourth-order valence-electron chi connectivity index (χ4n) is 2.07. The summed E-state index contributed by atoms with van der Waals surface area (Å²) < 4.78 is 22.5. The van der Waals surface area contributed by atoms with Crippen LogP contribution >= 0.6 is 0 Å². The van der Waals surface area contributed by atoms with Crippen molar-refractivity contribution in [3.05, 3.63) is 30.5 Å². The Hall–Kier alpha value is -1.82. The molecule has 0 radical (unpaired) electrons. The van der Waals surface area contributed by atoms with E-state index in [0.717, 1.165) is 16.6 Å². The van der Waals surface area contributed by atoms with E-state index in [1.807, 2.05) is 25.1 Å². The van der Waals surface area contributed by atoms with Crippen LogP contribution in [0.15, 0.2) is 30.5 Å². The second-order valence-corrected chi connectivity index (χ2v) is 6.92. The van der Waals surface area contributed by atoms with Crippen LogP contribution in [0.1, 0.15) is 6.92 Å². The maximum absolute atomic E-state index is 11.3. The zero-order valence-corrected chi connectivity index (χ0v) is 11.7. The van der Waals surface area contributed by atoms with Gasteiger partial charge in [-0.05, 0) is 31.2 Å².